The number of nitrogens with one attached hydrogen (secondary N) is 1. The minimum Gasteiger partial charge on any atom is -0.355 e. The quantitative estimate of drug-likeness (QED) is 0.887. The van der Waals surface area contributed by atoms with Gasteiger partial charge in [-0.05, 0) is 31.2 Å². The van der Waals surface area contributed by atoms with Crippen LogP contribution in [-0.2, 0) is 6.54 Å². The molecule has 0 aliphatic carbocycles. The third kappa shape index (κ3) is 3.36. The average molecular weight is 251 g/mol. The van der Waals surface area contributed by atoms with Gasteiger partial charge in [0.25, 0.3) is 0 Å². The van der Waals surface area contributed by atoms with Gasteiger partial charge in [0.1, 0.15) is 5.82 Å². The van der Waals surface area contributed by atoms with Crippen LogP contribution in [0.2, 0.25) is 0 Å². The van der Waals surface area contributed by atoms with Crippen LogP contribution in [0.4, 0.5) is 5.82 Å². The van der Waals surface area contributed by atoms with Gasteiger partial charge < -0.3 is 10.2 Å². The van der Waals surface area contributed by atoms with Crippen LogP contribution in [-0.4, -0.2) is 36.1 Å². The number of hydrogen-bond donors (Lipinski definition) is 1. The van der Waals surface area contributed by atoms with Gasteiger partial charge in [0.15, 0.2) is 0 Å². The fourth-order valence-electron chi connectivity index (χ4n) is 2.12. The Morgan fingerprint density at radius 3 is 3.24 bits per heavy atom. The van der Waals surface area contributed by atoms with Crippen LogP contribution in [0.25, 0.3) is 0 Å². The highest BCUT2D eigenvalue weighted by Crippen LogP contribution is 2.24. The van der Waals surface area contributed by atoms with Gasteiger partial charge in [-0.15, -0.1) is 0 Å². The Morgan fingerprint density at radius 2 is 2.47 bits per heavy atom. The van der Waals surface area contributed by atoms with E-state index >= 15 is 0 Å². The number of anilines is 1. The number of thioether (sulfide) groups is 1. The third-order valence-corrected chi connectivity index (χ3v) is 4.48. The van der Waals surface area contributed by atoms with Crippen molar-refractivity contribution in [2.45, 2.75) is 25.1 Å². The molecule has 1 unspecified atom stereocenters. The first-order chi connectivity index (χ1) is 8.33. The molecule has 1 aromatic rings. The van der Waals surface area contributed by atoms with Crippen molar-refractivity contribution in [1.29, 1.82) is 0 Å². The van der Waals surface area contributed by atoms with E-state index in [0.717, 1.165) is 30.7 Å². The number of pyridine rings is 1. The molecule has 1 N–H and O–H groups in total. The zero-order valence-corrected chi connectivity index (χ0v) is 11.5. The fraction of sp³-hybridized carbons (Fsp3) is 0.615. The minimum atomic E-state index is 0.763. The second-order valence-electron chi connectivity index (χ2n) is 4.40. The minimum absolute atomic E-state index is 0.763. The van der Waals surface area contributed by atoms with Crippen molar-refractivity contribution in [2.24, 2.45) is 0 Å². The smallest absolute Gasteiger partial charge is 0.128 e. The van der Waals surface area contributed by atoms with Gasteiger partial charge in [0.2, 0.25) is 0 Å². The Bertz CT molecular complexity index is 356. The number of aromatic nitrogens is 1. The summed E-state index contributed by atoms with van der Waals surface area (Å²) in [6.07, 6.45) is 3.17. The second kappa shape index (κ2) is 6.26. The molecular formula is C13H21N3S. The number of nitrogens with zero attached hydrogens (tertiary/aromatic N) is 2. The van der Waals surface area contributed by atoms with Gasteiger partial charge in [-0.2, -0.15) is 11.8 Å². The van der Waals surface area contributed by atoms with E-state index in [-0.39, 0.29) is 0 Å². The lowest BCUT2D eigenvalue weighted by Gasteiger charge is -2.32. The van der Waals surface area contributed by atoms with Crippen LogP contribution in [0.1, 0.15) is 18.9 Å². The Kier molecular flexibility index (Phi) is 4.68. The number of rotatable bonds is 4. The SMILES string of the molecule is CCC1CN(c2cc(CNC)ccn2)CCS1. The molecule has 0 aromatic carbocycles. The van der Waals surface area contributed by atoms with Gasteiger partial charge in [-0.25, -0.2) is 4.98 Å². The molecule has 0 radical (unpaired) electrons. The molecule has 1 saturated heterocycles. The first-order valence-electron chi connectivity index (χ1n) is 6.29. The highest BCUT2D eigenvalue weighted by Gasteiger charge is 2.19. The summed E-state index contributed by atoms with van der Waals surface area (Å²) in [6.45, 7) is 5.44. The van der Waals surface area contributed by atoms with Gasteiger partial charge in [0.05, 0.1) is 0 Å². The molecule has 1 fully saturated rings. The number of hydrogen-bond acceptors (Lipinski definition) is 4. The van der Waals surface area contributed by atoms with Crippen LogP contribution in [0.5, 0.6) is 0 Å². The van der Waals surface area contributed by atoms with E-state index in [0.29, 0.717) is 0 Å². The monoisotopic (exact) mass is 251 g/mol. The predicted octanol–water partition coefficient (Wildman–Crippen LogP) is 2.13. The van der Waals surface area contributed by atoms with Crippen molar-refractivity contribution < 1.29 is 0 Å². The van der Waals surface area contributed by atoms with E-state index in [1.54, 1.807) is 0 Å². The van der Waals surface area contributed by atoms with Crippen LogP contribution in [0.3, 0.4) is 0 Å². The summed E-state index contributed by atoms with van der Waals surface area (Å²) in [5.41, 5.74) is 1.31. The van der Waals surface area contributed by atoms with Crippen molar-refractivity contribution in [3.63, 3.8) is 0 Å². The Hall–Kier alpha value is -0.740. The molecular weight excluding hydrogens is 230 g/mol. The highest BCUT2D eigenvalue weighted by molar-refractivity contribution is 8.00. The van der Waals surface area contributed by atoms with E-state index in [1.807, 2.05) is 13.2 Å². The van der Waals surface area contributed by atoms with E-state index in [9.17, 15) is 0 Å². The van der Waals surface area contributed by atoms with Crippen molar-refractivity contribution in [2.75, 3.05) is 30.8 Å². The van der Waals surface area contributed by atoms with Crippen LogP contribution < -0.4 is 10.2 Å². The molecule has 94 valence electrons. The molecule has 4 heteroatoms. The molecule has 1 aromatic heterocycles. The summed E-state index contributed by atoms with van der Waals surface area (Å²) in [4.78, 5) is 6.92. The molecule has 1 atom stereocenters. The van der Waals surface area contributed by atoms with E-state index in [4.69, 9.17) is 0 Å². The van der Waals surface area contributed by atoms with E-state index in [2.05, 4.69) is 46.0 Å². The Morgan fingerprint density at radius 1 is 1.59 bits per heavy atom. The molecule has 1 aliphatic rings. The van der Waals surface area contributed by atoms with Crippen LogP contribution >= 0.6 is 11.8 Å². The lowest BCUT2D eigenvalue weighted by Crippen LogP contribution is -2.38. The van der Waals surface area contributed by atoms with Gasteiger partial charge in [-0.3, -0.25) is 0 Å². The summed E-state index contributed by atoms with van der Waals surface area (Å²) in [6, 6.07) is 4.29. The Balaban J connectivity index is 2.07. The molecule has 17 heavy (non-hydrogen) atoms. The van der Waals surface area contributed by atoms with Crippen LogP contribution in [0.15, 0.2) is 18.3 Å². The largest absolute Gasteiger partial charge is 0.355 e. The highest BCUT2D eigenvalue weighted by atomic mass is 32.2. The normalized spacial score (nSPS) is 20.6. The second-order valence-corrected chi connectivity index (χ2v) is 5.81. The lowest BCUT2D eigenvalue weighted by atomic mass is 10.2. The molecule has 0 bridgehead atoms. The summed E-state index contributed by atoms with van der Waals surface area (Å²) < 4.78 is 0. The van der Waals surface area contributed by atoms with Crippen molar-refractivity contribution in [3.05, 3.63) is 23.9 Å². The van der Waals surface area contributed by atoms with Gasteiger partial charge in [-0.1, -0.05) is 6.92 Å². The molecule has 1 aliphatic heterocycles. The first-order valence-corrected chi connectivity index (χ1v) is 7.34. The predicted molar refractivity (Wildman–Crippen MR) is 75.8 cm³/mol. The third-order valence-electron chi connectivity index (χ3n) is 3.11. The summed E-state index contributed by atoms with van der Waals surface area (Å²) >= 11 is 2.09. The van der Waals surface area contributed by atoms with Crippen molar-refractivity contribution in [1.82, 2.24) is 10.3 Å². The van der Waals surface area contributed by atoms with Crippen molar-refractivity contribution in [3.8, 4) is 0 Å². The summed E-state index contributed by atoms with van der Waals surface area (Å²) in [5, 5.41) is 3.95. The fourth-order valence-corrected chi connectivity index (χ4v) is 3.30. The molecule has 2 rings (SSSR count). The average Bonchev–Trinajstić information content (AvgIpc) is 2.40. The van der Waals surface area contributed by atoms with Crippen LogP contribution in [0, 0.1) is 0 Å². The van der Waals surface area contributed by atoms with Gasteiger partial charge >= 0.3 is 0 Å². The molecule has 3 nitrogen and oxygen atoms in total. The first kappa shape index (κ1) is 12.7. The van der Waals surface area contributed by atoms with Crippen molar-refractivity contribution >= 4 is 17.6 Å². The topological polar surface area (TPSA) is 28.2 Å². The summed E-state index contributed by atoms with van der Waals surface area (Å²) in [7, 11) is 1.98. The molecule has 0 saturated carbocycles. The maximum Gasteiger partial charge on any atom is 0.128 e. The van der Waals surface area contributed by atoms with E-state index < -0.39 is 0 Å². The molecule has 2 heterocycles. The zero-order valence-electron chi connectivity index (χ0n) is 10.6. The maximum atomic E-state index is 4.50. The molecule has 0 amide bonds. The summed E-state index contributed by atoms with van der Waals surface area (Å²) in [5.74, 6) is 2.35. The lowest BCUT2D eigenvalue weighted by molar-refractivity contribution is 0.718. The zero-order chi connectivity index (χ0) is 12.1. The standard InChI is InChI=1S/C13H21N3S/c1-3-12-10-16(6-7-17-12)13-8-11(9-14-2)4-5-15-13/h4-5,8,12,14H,3,6-7,9-10H2,1-2H3. The Labute approximate surface area is 108 Å². The molecule has 0 spiro atoms. The van der Waals surface area contributed by atoms with Gasteiger partial charge in [0, 0.05) is 36.8 Å². The maximum absolute atomic E-state index is 4.50. The van der Waals surface area contributed by atoms with E-state index in [1.165, 1.54) is 17.7 Å².